The molecule has 29 heavy (non-hydrogen) atoms. The van der Waals surface area contributed by atoms with E-state index in [0.717, 1.165) is 24.1 Å². The van der Waals surface area contributed by atoms with Crippen LogP contribution in [0, 0.1) is 10.8 Å². The molecule has 2 atom stereocenters. The first-order chi connectivity index (χ1) is 13.3. The number of pyridine rings is 1. The van der Waals surface area contributed by atoms with Crippen molar-refractivity contribution in [2.24, 2.45) is 17.9 Å². The van der Waals surface area contributed by atoms with E-state index in [1.54, 1.807) is 21.1 Å². The van der Waals surface area contributed by atoms with Crippen LogP contribution in [0.15, 0.2) is 16.9 Å². The van der Waals surface area contributed by atoms with Crippen molar-refractivity contribution in [1.29, 1.82) is 0 Å². The highest BCUT2D eigenvalue weighted by Crippen LogP contribution is 2.41. The van der Waals surface area contributed by atoms with E-state index in [-0.39, 0.29) is 28.5 Å². The largest absolute Gasteiger partial charge is 0.465 e. The predicted molar refractivity (Wildman–Crippen MR) is 114 cm³/mol. The Morgan fingerprint density at radius 1 is 1.21 bits per heavy atom. The molecule has 0 saturated carbocycles. The number of carboxylic acid groups (broad SMARTS) is 1. The number of hydrogen-bond donors (Lipinski definition) is 1. The number of amides is 1. The van der Waals surface area contributed by atoms with Gasteiger partial charge in [0, 0.05) is 37.8 Å². The van der Waals surface area contributed by atoms with Crippen LogP contribution in [0.4, 0.5) is 4.79 Å². The van der Waals surface area contributed by atoms with Crippen molar-refractivity contribution >= 4 is 17.3 Å². The number of aromatic nitrogens is 3. The van der Waals surface area contributed by atoms with Gasteiger partial charge in [-0.25, -0.2) is 14.6 Å². The monoisotopic (exact) mass is 402 g/mol. The summed E-state index contributed by atoms with van der Waals surface area (Å²) in [5.74, 6) is 0.00492. The van der Waals surface area contributed by atoms with Crippen molar-refractivity contribution in [2.45, 2.75) is 72.9 Å². The van der Waals surface area contributed by atoms with Gasteiger partial charge >= 0.3 is 11.8 Å². The molecule has 2 unspecified atom stereocenters. The Hall–Kier alpha value is -2.31. The molecule has 3 rings (SSSR count). The summed E-state index contributed by atoms with van der Waals surface area (Å²) in [6.45, 7) is 13.7. The molecule has 0 bridgehead atoms. The third-order valence-electron chi connectivity index (χ3n) is 5.78. The lowest BCUT2D eigenvalue weighted by molar-refractivity contribution is 0.0448. The van der Waals surface area contributed by atoms with Crippen molar-refractivity contribution in [3.63, 3.8) is 0 Å². The van der Waals surface area contributed by atoms with Crippen molar-refractivity contribution in [3.05, 3.63) is 28.3 Å². The minimum absolute atomic E-state index is 0.00492. The van der Waals surface area contributed by atoms with Crippen molar-refractivity contribution in [1.82, 2.24) is 19.0 Å². The highest BCUT2D eigenvalue weighted by molar-refractivity contribution is 5.72. The van der Waals surface area contributed by atoms with E-state index >= 15 is 0 Å². The number of nitrogens with zero attached hydrogens (tertiary/aromatic N) is 4. The standard InChI is InChI=1S/C22H34N4O3/c1-21(2,3)13-26-16-11-10-15(23-18(16)24(7)19(26)27)14-9-8-12-25(20(28)29)17(14)22(4,5)6/h10-11,14,17H,8-9,12-13H2,1-7H3,(H,28,29). The van der Waals surface area contributed by atoms with Gasteiger partial charge in [-0.1, -0.05) is 41.5 Å². The number of imidazole rings is 1. The van der Waals surface area contributed by atoms with Crippen LogP contribution in [-0.4, -0.2) is 42.8 Å². The molecule has 1 amide bonds. The van der Waals surface area contributed by atoms with E-state index in [2.05, 4.69) is 41.5 Å². The van der Waals surface area contributed by atoms with Gasteiger partial charge in [0.1, 0.15) is 0 Å². The van der Waals surface area contributed by atoms with Gasteiger partial charge in [0.05, 0.1) is 5.52 Å². The fraction of sp³-hybridized carbons (Fsp3) is 0.682. The summed E-state index contributed by atoms with van der Waals surface area (Å²) in [6, 6.07) is 3.80. The lowest BCUT2D eigenvalue weighted by atomic mass is 9.73. The summed E-state index contributed by atoms with van der Waals surface area (Å²) < 4.78 is 3.40. The second kappa shape index (κ2) is 7.18. The summed E-state index contributed by atoms with van der Waals surface area (Å²) in [5.41, 5.74) is 2.05. The maximum atomic E-state index is 12.8. The minimum Gasteiger partial charge on any atom is -0.465 e. The van der Waals surface area contributed by atoms with Crippen LogP contribution in [0.3, 0.4) is 0 Å². The van der Waals surface area contributed by atoms with Gasteiger partial charge in [0.25, 0.3) is 0 Å². The van der Waals surface area contributed by atoms with Gasteiger partial charge in [-0.15, -0.1) is 0 Å². The molecule has 0 spiro atoms. The van der Waals surface area contributed by atoms with Crippen molar-refractivity contribution < 1.29 is 9.90 Å². The molecule has 1 saturated heterocycles. The lowest BCUT2D eigenvalue weighted by Gasteiger charge is -2.46. The molecule has 7 nitrogen and oxygen atoms in total. The van der Waals surface area contributed by atoms with E-state index in [4.69, 9.17) is 4.98 Å². The Kier molecular flexibility index (Phi) is 5.30. The topological polar surface area (TPSA) is 80.4 Å². The van der Waals surface area contributed by atoms with Gasteiger partial charge in [-0.2, -0.15) is 0 Å². The molecule has 0 radical (unpaired) electrons. The number of aryl methyl sites for hydroxylation is 1. The van der Waals surface area contributed by atoms with Crippen LogP contribution in [-0.2, 0) is 13.6 Å². The third-order valence-corrected chi connectivity index (χ3v) is 5.78. The summed E-state index contributed by atoms with van der Waals surface area (Å²) in [7, 11) is 1.76. The van der Waals surface area contributed by atoms with Gasteiger partial charge in [0.2, 0.25) is 0 Å². The number of hydrogen-bond acceptors (Lipinski definition) is 3. The molecular weight excluding hydrogens is 368 g/mol. The minimum atomic E-state index is -0.876. The first kappa shape index (κ1) is 21.4. The zero-order valence-electron chi connectivity index (χ0n) is 18.7. The van der Waals surface area contributed by atoms with Crippen LogP contribution in [0.5, 0.6) is 0 Å². The Labute approximate surface area is 172 Å². The van der Waals surface area contributed by atoms with E-state index in [1.165, 1.54) is 0 Å². The molecule has 1 aliphatic heterocycles. The Balaban J connectivity index is 2.11. The molecule has 160 valence electrons. The maximum absolute atomic E-state index is 12.8. The first-order valence-electron chi connectivity index (χ1n) is 10.4. The second-order valence-corrected chi connectivity index (χ2v) is 10.6. The summed E-state index contributed by atoms with van der Waals surface area (Å²) in [6.07, 6.45) is 0.827. The molecule has 0 aliphatic carbocycles. The number of likely N-dealkylation sites (tertiary alicyclic amines) is 1. The van der Waals surface area contributed by atoms with Crippen molar-refractivity contribution in [2.75, 3.05) is 6.54 Å². The van der Waals surface area contributed by atoms with Crippen LogP contribution in [0.25, 0.3) is 11.2 Å². The van der Waals surface area contributed by atoms with Crippen molar-refractivity contribution in [3.8, 4) is 0 Å². The molecule has 3 heterocycles. The summed E-state index contributed by atoms with van der Waals surface area (Å²) >= 11 is 0. The zero-order valence-corrected chi connectivity index (χ0v) is 18.7. The van der Waals surface area contributed by atoms with E-state index in [9.17, 15) is 14.7 Å². The quantitative estimate of drug-likeness (QED) is 0.822. The van der Waals surface area contributed by atoms with Gasteiger partial charge in [-0.05, 0) is 35.8 Å². The van der Waals surface area contributed by atoms with Crippen LogP contribution >= 0.6 is 0 Å². The van der Waals surface area contributed by atoms with Crippen LogP contribution in [0.1, 0.15) is 66.0 Å². The summed E-state index contributed by atoms with van der Waals surface area (Å²) in [4.78, 5) is 31.2. The smallest absolute Gasteiger partial charge is 0.407 e. The molecule has 2 aromatic rings. The number of carbonyl (C=O) groups is 1. The highest BCUT2D eigenvalue weighted by atomic mass is 16.4. The van der Waals surface area contributed by atoms with Gasteiger partial charge < -0.3 is 10.0 Å². The molecule has 7 heteroatoms. The van der Waals surface area contributed by atoms with E-state index in [1.807, 2.05) is 12.1 Å². The van der Waals surface area contributed by atoms with E-state index < -0.39 is 6.09 Å². The normalized spacial score (nSPS) is 21.0. The molecule has 0 aromatic carbocycles. The molecule has 2 aromatic heterocycles. The van der Waals surface area contributed by atoms with E-state index in [0.29, 0.717) is 18.7 Å². The molecular formula is C22H34N4O3. The molecule has 1 N–H and O–H groups in total. The second-order valence-electron chi connectivity index (χ2n) is 10.6. The molecule has 1 fully saturated rings. The number of rotatable bonds is 2. The Morgan fingerprint density at radius 3 is 2.41 bits per heavy atom. The highest BCUT2D eigenvalue weighted by Gasteiger charge is 2.43. The Bertz CT molecular complexity index is 975. The predicted octanol–water partition coefficient (Wildman–Crippen LogP) is 4.05. The average molecular weight is 403 g/mol. The van der Waals surface area contributed by atoms with Crippen LogP contribution < -0.4 is 5.69 Å². The molecule has 1 aliphatic rings. The fourth-order valence-electron chi connectivity index (χ4n) is 4.71. The number of piperidine rings is 1. The van der Waals surface area contributed by atoms with Gasteiger partial charge in [-0.3, -0.25) is 9.13 Å². The maximum Gasteiger partial charge on any atom is 0.407 e. The van der Waals surface area contributed by atoms with Crippen LogP contribution in [0.2, 0.25) is 0 Å². The zero-order chi connectivity index (χ0) is 21.7. The summed E-state index contributed by atoms with van der Waals surface area (Å²) in [5, 5.41) is 9.76. The van der Waals surface area contributed by atoms with Gasteiger partial charge in [0.15, 0.2) is 5.65 Å². The first-order valence-corrected chi connectivity index (χ1v) is 10.4. The number of fused-ring (bicyclic) bond motifs is 1. The average Bonchev–Trinajstić information content (AvgIpc) is 2.83. The fourth-order valence-corrected chi connectivity index (χ4v) is 4.71. The lowest BCUT2D eigenvalue weighted by Crippen LogP contribution is -2.53. The third kappa shape index (κ3) is 4.05. The SMILES string of the molecule is Cn1c(=O)n(CC(C)(C)C)c2ccc(C3CCCN(C(=O)O)C3C(C)(C)C)nc21. The Morgan fingerprint density at radius 2 is 1.86 bits per heavy atom.